The Balaban J connectivity index is 1.62. The van der Waals surface area contributed by atoms with Crippen LogP contribution in [-0.2, 0) is 16.0 Å². The van der Waals surface area contributed by atoms with Crippen LogP contribution >= 0.6 is 11.3 Å². The number of fused-ring (bicyclic) bond motifs is 1. The number of aromatic nitrogens is 1. The van der Waals surface area contributed by atoms with Gasteiger partial charge in [0.25, 0.3) is 0 Å². The number of thiazole rings is 1. The van der Waals surface area contributed by atoms with E-state index in [2.05, 4.69) is 10.3 Å². The Morgan fingerprint density at radius 2 is 1.96 bits per heavy atom. The van der Waals surface area contributed by atoms with Crippen molar-refractivity contribution in [3.63, 3.8) is 0 Å². The number of amides is 1. The summed E-state index contributed by atoms with van der Waals surface area (Å²) in [5.41, 5.74) is 2.13. The summed E-state index contributed by atoms with van der Waals surface area (Å²) in [6, 6.07) is 12.9. The van der Waals surface area contributed by atoms with Gasteiger partial charge in [0, 0.05) is 6.42 Å². The first-order valence-corrected chi connectivity index (χ1v) is 8.83. The average molecular weight is 370 g/mol. The summed E-state index contributed by atoms with van der Waals surface area (Å²) in [4.78, 5) is 28.3. The lowest BCUT2D eigenvalue weighted by atomic mass is 10.1. The molecule has 3 aromatic rings. The Labute approximate surface area is 154 Å². The zero-order valence-corrected chi connectivity index (χ0v) is 15.3. The first-order chi connectivity index (χ1) is 12.6. The molecular formula is C19H18N2O4S. The van der Waals surface area contributed by atoms with Crippen LogP contribution in [0.15, 0.2) is 42.5 Å². The Bertz CT molecular complexity index is 919. The molecule has 1 heterocycles. The van der Waals surface area contributed by atoms with Crippen molar-refractivity contribution >= 4 is 38.6 Å². The lowest BCUT2D eigenvalue weighted by molar-refractivity contribution is -0.116. The van der Waals surface area contributed by atoms with E-state index in [1.165, 1.54) is 25.6 Å². The van der Waals surface area contributed by atoms with E-state index in [1.54, 1.807) is 18.2 Å². The fourth-order valence-corrected chi connectivity index (χ4v) is 3.42. The highest BCUT2D eigenvalue weighted by atomic mass is 32.1. The van der Waals surface area contributed by atoms with E-state index in [-0.39, 0.29) is 5.91 Å². The van der Waals surface area contributed by atoms with Crippen LogP contribution in [0.5, 0.6) is 5.75 Å². The maximum atomic E-state index is 12.2. The molecule has 1 N–H and O–H groups in total. The summed E-state index contributed by atoms with van der Waals surface area (Å²) < 4.78 is 11.0. The van der Waals surface area contributed by atoms with E-state index in [4.69, 9.17) is 9.47 Å². The number of carbonyl (C=O) groups is 2. The third kappa shape index (κ3) is 4.00. The minimum Gasteiger partial charge on any atom is -0.496 e. The number of hydrogen-bond donors (Lipinski definition) is 1. The first-order valence-electron chi connectivity index (χ1n) is 8.01. The molecule has 0 bridgehead atoms. The molecule has 0 aliphatic rings. The van der Waals surface area contributed by atoms with Gasteiger partial charge in [0.15, 0.2) is 5.13 Å². The van der Waals surface area contributed by atoms with Crippen LogP contribution in [0, 0.1) is 0 Å². The zero-order chi connectivity index (χ0) is 18.5. The molecule has 1 amide bonds. The van der Waals surface area contributed by atoms with Crippen molar-refractivity contribution in [3.05, 3.63) is 53.6 Å². The van der Waals surface area contributed by atoms with Gasteiger partial charge < -0.3 is 14.8 Å². The Hall–Kier alpha value is -2.93. The number of nitrogens with one attached hydrogen (secondary N) is 1. The van der Waals surface area contributed by atoms with Crippen molar-refractivity contribution in [2.75, 3.05) is 19.5 Å². The van der Waals surface area contributed by atoms with Gasteiger partial charge in [-0.15, -0.1) is 0 Å². The molecule has 26 heavy (non-hydrogen) atoms. The molecular weight excluding hydrogens is 352 g/mol. The van der Waals surface area contributed by atoms with E-state index in [0.29, 0.717) is 29.3 Å². The number of carbonyl (C=O) groups excluding carboxylic acids is 2. The molecule has 0 atom stereocenters. The van der Waals surface area contributed by atoms with Crippen LogP contribution in [0.1, 0.15) is 22.3 Å². The number of hydrogen-bond acceptors (Lipinski definition) is 6. The van der Waals surface area contributed by atoms with Crippen LogP contribution in [0.25, 0.3) is 10.2 Å². The minimum absolute atomic E-state index is 0.111. The van der Waals surface area contributed by atoms with E-state index >= 15 is 0 Å². The lowest BCUT2D eigenvalue weighted by Crippen LogP contribution is -2.12. The normalized spacial score (nSPS) is 10.5. The molecule has 0 fully saturated rings. The number of benzene rings is 2. The summed E-state index contributed by atoms with van der Waals surface area (Å²) in [6.07, 6.45) is 0.825. The van der Waals surface area contributed by atoms with E-state index in [0.717, 1.165) is 15.8 Å². The van der Waals surface area contributed by atoms with Gasteiger partial charge in [0.05, 0.1) is 24.4 Å². The largest absolute Gasteiger partial charge is 0.496 e. The summed E-state index contributed by atoms with van der Waals surface area (Å²) in [5.74, 6) is -0.136. The molecule has 1 aromatic heterocycles. The van der Waals surface area contributed by atoms with Crippen molar-refractivity contribution in [1.29, 1.82) is 0 Å². The number of rotatable bonds is 6. The van der Waals surface area contributed by atoms with Crippen molar-refractivity contribution in [3.8, 4) is 5.75 Å². The fraction of sp³-hybridized carbons (Fsp3) is 0.211. The van der Waals surface area contributed by atoms with Gasteiger partial charge in [-0.1, -0.05) is 29.5 Å². The third-order valence-electron chi connectivity index (χ3n) is 3.85. The first kappa shape index (κ1) is 17.9. The maximum absolute atomic E-state index is 12.2. The molecule has 0 spiro atoms. The molecule has 0 aliphatic carbocycles. The zero-order valence-electron chi connectivity index (χ0n) is 14.4. The summed E-state index contributed by atoms with van der Waals surface area (Å²) in [6.45, 7) is 0. The standard InChI is InChI=1S/C19H18N2O4S/c1-24-15-11-12(7-9-13(15)18(23)25-2)8-10-17(22)21-19-20-14-5-3-4-6-16(14)26-19/h3-7,9,11H,8,10H2,1-2H3,(H,20,21,22). The van der Waals surface area contributed by atoms with Gasteiger partial charge >= 0.3 is 5.97 Å². The molecule has 0 saturated heterocycles. The molecule has 7 heteroatoms. The molecule has 0 unspecified atom stereocenters. The SMILES string of the molecule is COC(=O)c1ccc(CCC(=O)Nc2nc3ccccc3s2)cc1OC. The molecule has 2 aromatic carbocycles. The van der Waals surface area contributed by atoms with Gasteiger partial charge in [-0.25, -0.2) is 9.78 Å². The van der Waals surface area contributed by atoms with Crippen LogP contribution in [-0.4, -0.2) is 31.1 Å². The summed E-state index contributed by atoms with van der Waals surface area (Å²) in [7, 11) is 2.81. The third-order valence-corrected chi connectivity index (χ3v) is 4.80. The second-order valence-electron chi connectivity index (χ2n) is 5.56. The molecule has 6 nitrogen and oxygen atoms in total. The van der Waals surface area contributed by atoms with Gasteiger partial charge in [0.1, 0.15) is 11.3 Å². The van der Waals surface area contributed by atoms with E-state index in [9.17, 15) is 9.59 Å². The number of methoxy groups -OCH3 is 2. The Kier molecular flexibility index (Phi) is 5.48. The number of anilines is 1. The maximum Gasteiger partial charge on any atom is 0.341 e. The Morgan fingerprint density at radius 3 is 2.69 bits per heavy atom. The predicted octanol–water partition coefficient (Wildman–Crippen LogP) is 3.66. The molecule has 0 saturated carbocycles. The average Bonchev–Trinajstić information content (AvgIpc) is 3.07. The molecule has 3 rings (SSSR count). The van der Waals surface area contributed by atoms with Crippen molar-refractivity contribution in [2.24, 2.45) is 0 Å². The second kappa shape index (κ2) is 7.97. The van der Waals surface area contributed by atoms with Crippen molar-refractivity contribution in [2.45, 2.75) is 12.8 Å². The molecule has 0 aliphatic heterocycles. The van der Waals surface area contributed by atoms with Crippen LogP contribution in [0.3, 0.4) is 0 Å². The lowest BCUT2D eigenvalue weighted by Gasteiger charge is -2.09. The number of para-hydroxylation sites is 1. The highest BCUT2D eigenvalue weighted by molar-refractivity contribution is 7.22. The topological polar surface area (TPSA) is 77.5 Å². The minimum atomic E-state index is -0.457. The van der Waals surface area contributed by atoms with E-state index < -0.39 is 5.97 Å². The van der Waals surface area contributed by atoms with E-state index in [1.807, 2.05) is 24.3 Å². The molecule has 134 valence electrons. The summed E-state index contributed by atoms with van der Waals surface area (Å²) >= 11 is 1.45. The monoisotopic (exact) mass is 370 g/mol. The van der Waals surface area contributed by atoms with Crippen LogP contribution in [0.2, 0.25) is 0 Å². The summed E-state index contributed by atoms with van der Waals surface area (Å²) in [5, 5.41) is 3.42. The van der Waals surface area contributed by atoms with Gasteiger partial charge in [0.2, 0.25) is 5.91 Å². The number of esters is 1. The van der Waals surface area contributed by atoms with Crippen LogP contribution in [0.4, 0.5) is 5.13 Å². The molecule has 0 radical (unpaired) electrons. The van der Waals surface area contributed by atoms with Crippen LogP contribution < -0.4 is 10.1 Å². The van der Waals surface area contributed by atoms with Gasteiger partial charge in [-0.3, -0.25) is 4.79 Å². The number of ether oxygens (including phenoxy) is 2. The number of aryl methyl sites for hydroxylation is 1. The highest BCUT2D eigenvalue weighted by Crippen LogP contribution is 2.26. The number of nitrogens with zero attached hydrogens (tertiary/aromatic N) is 1. The fourth-order valence-electron chi connectivity index (χ4n) is 2.54. The predicted molar refractivity (Wildman–Crippen MR) is 101 cm³/mol. The second-order valence-corrected chi connectivity index (χ2v) is 6.59. The van der Waals surface area contributed by atoms with Gasteiger partial charge in [-0.2, -0.15) is 0 Å². The Morgan fingerprint density at radius 1 is 1.15 bits per heavy atom. The smallest absolute Gasteiger partial charge is 0.341 e. The quantitative estimate of drug-likeness (QED) is 0.670. The highest BCUT2D eigenvalue weighted by Gasteiger charge is 2.14. The van der Waals surface area contributed by atoms with Crippen molar-refractivity contribution in [1.82, 2.24) is 4.98 Å². The van der Waals surface area contributed by atoms with Crippen molar-refractivity contribution < 1.29 is 19.1 Å². The van der Waals surface area contributed by atoms with Gasteiger partial charge in [-0.05, 0) is 36.2 Å².